The van der Waals surface area contributed by atoms with Crippen LogP contribution in [0.4, 0.5) is 0 Å². The molecule has 0 aromatic heterocycles. The molecule has 0 saturated carbocycles. The molecular weight excluding hydrogens is 204 g/mol. The number of carbonyl (C=O) groups is 1. The molecule has 2 aliphatic heterocycles. The van der Waals surface area contributed by atoms with Gasteiger partial charge in [0.05, 0.1) is 0 Å². The summed E-state index contributed by atoms with van der Waals surface area (Å²) in [6.45, 7) is 6.53. The third-order valence-corrected chi connectivity index (χ3v) is 3.83. The van der Waals surface area contributed by atoms with Gasteiger partial charge in [-0.05, 0) is 24.7 Å². The molecule has 0 spiro atoms. The SMILES string of the molecule is CC1(C)CN(C(=O)C2CCCO2)CCC1N. The van der Waals surface area contributed by atoms with Gasteiger partial charge in [0.1, 0.15) is 6.10 Å². The molecule has 4 nitrogen and oxygen atoms in total. The summed E-state index contributed by atoms with van der Waals surface area (Å²) in [4.78, 5) is 14.1. The fourth-order valence-electron chi connectivity index (χ4n) is 2.54. The van der Waals surface area contributed by atoms with Crippen LogP contribution in [0.1, 0.15) is 33.1 Å². The van der Waals surface area contributed by atoms with Gasteiger partial charge in [-0.15, -0.1) is 0 Å². The maximum Gasteiger partial charge on any atom is 0.251 e. The van der Waals surface area contributed by atoms with Crippen LogP contribution in [0.5, 0.6) is 0 Å². The van der Waals surface area contributed by atoms with Crippen molar-refractivity contribution in [3.63, 3.8) is 0 Å². The summed E-state index contributed by atoms with van der Waals surface area (Å²) in [6, 6.07) is 0.195. The zero-order chi connectivity index (χ0) is 11.8. The van der Waals surface area contributed by atoms with Crippen LogP contribution in [0, 0.1) is 5.41 Å². The van der Waals surface area contributed by atoms with Crippen LogP contribution in [0.15, 0.2) is 0 Å². The van der Waals surface area contributed by atoms with Crippen LogP contribution in [0.3, 0.4) is 0 Å². The number of nitrogens with two attached hydrogens (primary N) is 1. The van der Waals surface area contributed by atoms with Crippen molar-refractivity contribution < 1.29 is 9.53 Å². The first-order valence-corrected chi connectivity index (χ1v) is 6.17. The number of amides is 1. The van der Waals surface area contributed by atoms with Crippen LogP contribution < -0.4 is 5.73 Å². The van der Waals surface area contributed by atoms with E-state index in [1.807, 2.05) is 4.90 Å². The van der Waals surface area contributed by atoms with Gasteiger partial charge in [-0.2, -0.15) is 0 Å². The molecule has 2 fully saturated rings. The molecule has 2 atom stereocenters. The number of hydrogen-bond acceptors (Lipinski definition) is 3. The van der Waals surface area contributed by atoms with Gasteiger partial charge in [0.15, 0.2) is 0 Å². The zero-order valence-electron chi connectivity index (χ0n) is 10.2. The van der Waals surface area contributed by atoms with Gasteiger partial charge >= 0.3 is 0 Å². The molecule has 0 bridgehead atoms. The van der Waals surface area contributed by atoms with E-state index >= 15 is 0 Å². The lowest BCUT2D eigenvalue weighted by Crippen LogP contribution is -2.55. The Kier molecular flexibility index (Phi) is 3.22. The Morgan fingerprint density at radius 1 is 1.44 bits per heavy atom. The summed E-state index contributed by atoms with van der Waals surface area (Å²) in [5.74, 6) is 0.164. The Morgan fingerprint density at radius 2 is 2.19 bits per heavy atom. The Balaban J connectivity index is 1.97. The predicted molar refractivity (Wildman–Crippen MR) is 61.9 cm³/mol. The van der Waals surface area contributed by atoms with E-state index in [0.717, 1.165) is 39.0 Å². The van der Waals surface area contributed by atoms with E-state index in [1.54, 1.807) is 0 Å². The summed E-state index contributed by atoms with van der Waals surface area (Å²) in [6.07, 6.45) is 2.59. The average Bonchev–Trinajstić information content (AvgIpc) is 2.74. The molecule has 2 rings (SSSR count). The fourth-order valence-corrected chi connectivity index (χ4v) is 2.54. The van der Waals surface area contributed by atoms with Crippen molar-refractivity contribution in [1.29, 1.82) is 0 Å². The first-order valence-electron chi connectivity index (χ1n) is 6.17. The van der Waals surface area contributed by atoms with Crippen LogP contribution in [-0.2, 0) is 9.53 Å². The van der Waals surface area contributed by atoms with Crippen LogP contribution in [0.2, 0.25) is 0 Å². The smallest absolute Gasteiger partial charge is 0.251 e. The highest BCUT2D eigenvalue weighted by atomic mass is 16.5. The van der Waals surface area contributed by atoms with Gasteiger partial charge in [0.2, 0.25) is 0 Å². The van der Waals surface area contributed by atoms with Gasteiger partial charge < -0.3 is 15.4 Å². The summed E-state index contributed by atoms with van der Waals surface area (Å²) in [5.41, 5.74) is 6.08. The lowest BCUT2D eigenvalue weighted by Gasteiger charge is -2.43. The first-order chi connectivity index (χ1) is 7.50. The molecular formula is C12H22N2O2. The Labute approximate surface area is 97.1 Å². The van der Waals surface area contributed by atoms with Gasteiger partial charge in [-0.1, -0.05) is 13.8 Å². The van der Waals surface area contributed by atoms with E-state index in [9.17, 15) is 4.79 Å². The largest absolute Gasteiger partial charge is 0.368 e. The molecule has 0 aliphatic carbocycles. The van der Waals surface area contributed by atoms with E-state index in [0.29, 0.717) is 0 Å². The fraction of sp³-hybridized carbons (Fsp3) is 0.917. The number of likely N-dealkylation sites (tertiary alicyclic amines) is 1. The highest BCUT2D eigenvalue weighted by molar-refractivity contribution is 5.81. The molecule has 2 aliphatic rings. The molecule has 2 unspecified atom stereocenters. The van der Waals surface area contributed by atoms with Crippen LogP contribution in [0.25, 0.3) is 0 Å². The molecule has 16 heavy (non-hydrogen) atoms. The van der Waals surface area contributed by atoms with E-state index in [1.165, 1.54) is 0 Å². The summed E-state index contributed by atoms with van der Waals surface area (Å²) in [5, 5.41) is 0. The molecule has 2 saturated heterocycles. The maximum absolute atomic E-state index is 12.2. The summed E-state index contributed by atoms with van der Waals surface area (Å²) < 4.78 is 5.44. The standard InChI is InChI=1S/C12H22N2O2/c1-12(2)8-14(6-5-10(12)13)11(15)9-4-3-7-16-9/h9-10H,3-8,13H2,1-2H3. The van der Waals surface area contributed by atoms with Gasteiger partial charge in [0.25, 0.3) is 5.91 Å². The van der Waals surface area contributed by atoms with Crippen molar-refractivity contribution >= 4 is 5.91 Å². The molecule has 4 heteroatoms. The number of ether oxygens (including phenoxy) is 1. The topological polar surface area (TPSA) is 55.6 Å². The second kappa shape index (κ2) is 4.34. The Morgan fingerprint density at radius 3 is 2.75 bits per heavy atom. The second-order valence-corrected chi connectivity index (χ2v) is 5.65. The van der Waals surface area contributed by atoms with Crippen LogP contribution >= 0.6 is 0 Å². The lowest BCUT2D eigenvalue weighted by atomic mass is 9.79. The second-order valence-electron chi connectivity index (χ2n) is 5.65. The van der Waals surface area contributed by atoms with Crippen molar-refractivity contribution in [3.05, 3.63) is 0 Å². The minimum Gasteiger partial charge on any atom is -0.368 e. The van der Waals surface area contributed by atoms with Crippen molar-refractivity contribution in [2.75, 3.05) is 19.7 Å². The summed E-state index contributed by atoms with van der Waals surface area (Å²) >= 11 is 0. The molecule has 92 valence electrons. The van der Waals surface area contributed by atoms with Gasteiger partial charge in [-0.3, -0.25) is 4.79 Å². The van der Waals surface area contributed by atoms with Gasteiger partial charge in [-0.25, -0.2) is 0 Å². The van der Waals surface area contributed by atoms with Crippen molar-refractivity contribution in [3.8, 4) is 0 Å². The minimum absolute atomic E-state index is 0.0204. The molecule has 0 aromatic rings. The van der Waals surface area contributed by atoms with Crippen LogP contribution in [-0.4, -0.2) is 42.6 Å². The average molecular weight is 226 g/mol. The molecule has 2 N–H and O–H groups in total. The third-order valence-electron chi connectivity index (χ3n) is 3.83. The minimum atomic E-state index is -0.190. The number of hydrogen-bond donors (Lipinski definition) is 1. The zero-order valence-corrected chi connectivity index (χ0v) is 10.2. The Hall–Kier alpha value is -0.610. The van der Waals surface area contributed by atoms with Crippen molar-refractivity contribution in [1.82, 2.24) is 4.90 Å². The third kappa shape index (κ3) is 2.23. The normalized spacial score (nSPS) is 34.1. The number of carbonyl (C=O) groups excluding carboxylic acids is 1. The number of piperidine rings is 1. The molecule has 1 amide bonds. The number of rotatable bonds is 1. The monoisotopic (exact) mass is 226 g/mol. The Bertz CT molecular complexity index is 272. The first kappa shape index (κ1) is 11.9. The van der Waals surface area contributed by atoms with E-state index in [4.69, 9.17) is 10.5 Å². The lowest BCUT2D eigenvalue weighted by molar-refractivity contribution is -0.144. The van der Waals surface area contributed by atoms with E-state index in [2.05, 4.69) is 13.8 Å². The highest BCUT2D eigenvalue weighted by Crippen LogP contribution is 2.29. The molecule has 0 aromatic carbocycles. The summed E-state index contributed by atoms with van der Waals surface area (Å²) in [7, 11) is 0. The molecule has 0 radical (unpaired) electrons. The van der Waals surface area contributed by atoms with Crippen molar-refractivity contribution in [2.45, 2.75) is 45.3 Å². The maximum atomic E-state index is 12.2. The highest BCUT2D eigenvalue weighted by Gasteiger charge is 2.38. The van der Waals surface area contributed by atoms with E-state index in [-0.39, 0.29) is 23.5 Å². The van der Waals surface area contributed by atoms with E-state index < -0.39 is 0 Å². The van der Waals surface area contributed by atoms with Crippen molar-refractivity contribution in [2.24, 2.45) is 11.1 Å². The predicted octanol–water partition coefficient (Wildman–Crippen LogP) is 0.751. The molecule has 2 heterocycles. The quantitative estimate of drug-likeness (QED) is 0.718. The van der Waals surface area contributed by atoms with Gasteiger partial charge in [0, 0.05) is 25.7 Å². The number of nitrogens with zero attached hydrogens (tertiary/aromatic N) is 1.